The topological polar surface area (TPSA) is 43.8 Å². The molecule has 0 amide bonds. The summed E-state index contributed by atoms with van der Waals surface area (Å²) in [4.78, 5) is 16.3. The lowest BCUT2D eigenvalue weighted by Gasteiger charge is -2.35. The van der Waals surface area contributed by atoms with Gasteiger partial charge in [0.2, 0.25) is 0 Å². The van der Waals surface area contributed by atoms with Gasteiger partial charge in [-0.05, 0) is 68.9 Å². The molecule has 2 fully saturated rings. The summed E-state index contributed by atoms with van der Waals surface area (Å²) in [6, 6.07) is 7.40. The number of nitrogens with zero attached hydrogens (tertiary/aromatic N) is 2. The SMILES string of the molecule is O=C(O)c1cccc(CN2CCCC(CN3CCCCCC3)C2)c1. The molecule has 0 aromatic heterocycles. The summed E-state index contributed by atoms with van der Waals surface area (Å²) in [7, 11) is 0. The highest BCUT2D eigenvalue weighted by Crippen LogP contribution is 2.21. The van der Waals surface area contributed by atoms with E-state index in [0.717, 1.165) is 31.1 Å². The van der Waals surface area contributed by atoms with Crippen LogP contribution in [0.15, 0.2) is 24.3 Å². The first-order valence-electron chi connectivity index (χ1n) is 9.47. The van der Waals surface area contributed by atoms with E-state index in [4.69, 9.17) is 5.11 Å². The van der Waals surface area contributed by atoms with Gasteiger partial charge in [0.05, 0.1) is 5.56 Å². The lowest BCUT2D eigenvalue weighted by Crippen LogP contribution is -2.41. The molecule has 1 aromatic carbocycles. The molecule has 3 rings (SSSR count). The second-order valence-corrected chi connectivity index (χ2v) is 7.46. The third kappa shape index (κ3) is 5.05. The predicted molar refractivity (Wildman–Crippen MR) is 96.3 cm³/mol. The van der Waals surface area contributed by atoms with E-state index in [1.807, 2.05) is 18.2 Å². The van der Waals surface area contributed by atoms with Crippen LogP contribution in [0.25, 0.3) is 0 Å². The first kappa shape index (κ1) is 17.4. The largest absolute Gasteiger partial charge is 0.478 e. The van der Waals surface area contributed by atoms with Gasteiger partial charge in [-0.2, -0.15) is 0 Å². The molecule has 0 aliphatic carbocycles. The van der Waals surface area contributed by atoms with Crippen molar-refractivity contribution in [2.45, 2.75) is 45.1 Å². The fourth-order valence-electron chi connectivity index (χ4n) is 4.19. The van der Waals surface area contributed by atoms with Crippen LogP contribution in [0, 0.1) is 5.92 Å². The Kier molecular flexibility index (Phi) is 6.27. The van der Waals surface area contributed by atoms with Crippen molar-refractivity contribution in [2.24, 2.45) is 5.92 Å². The van der Waals surface area contributed by atoms with Gasteiger partial charge in [-0.3, -0.25) is 4.90 Å². The smallest absolute Gasteiger partial charge is 0.335 e. The van der Waals surface area contributed by atoms with Crippen LogP contribution >= 0.6 is 0 Å². The standard InChI is InChI=1S/C20H30N2O2/c23-20(24)19-9-5-7-17(13-19)14-22-12-6-8-18(16-22)15-21-10-3-1-2-4-11-21/h5,7,9,13,18H,1-4,6,8,10-12,14-16H2,(H,23,24). The van der Waals surface area contributed by atoms with E-state index in [0.29, 0.717) is 5.56 Å². The number of hydrogen-bond acceptors (Lipinski definition) is 3. The zero-order valence-electron chi connectivity index (χ0n) is 14.6. The van der Waals surface area contributed by atoms with Crippen LogP contribution in [0.5, 0.6) is 0 Å². The Labute approximate surface area is 145 Å². The molecule has 1 atom stereocenters. The van der Waals surface area contributed by atoms with Crippen LogP contribution in [0.4, 0.5) is 0 Å². The maximum atomic E-state index is 11.1. The van der Waals surface area contributed by atoms with Crippen LogP contribution in [0.2, 0.25) is 0 Å². The lowest BCUT2D eigenvalue weighted by molar-refractivity contribution is 0.0696. The van der Waals surface area contributed by atoms with Gasteiger partial charge in [0.15, 0.2) is 0 Å². The summed E-state index contributed by atoms with van der Waals surface area (Å²) < 4.78 is 0. The molecular formula is C20H30N2O2. The summed E-state index contributed by atoms with van der Waals surface area (Å²) in [6.45, 7) is 6.94. The van der Waals surface area contributed by atoms with Gasteiger partial charge >= 0.3 is 5.97 Å². The average molecular weight is 330 g/mol. The van der Waals surface area contributed by atoms with E-state index < -0.39 is 5.97 Å². The molecule has 0 bridgehead atoms. The molecule has 2 aliphatic heterocycles. The minimum Gasteiger partial charge on any atom is -0.478 e. The summed E-state index contributed by atoms with van der Waals surface area (Å²) in [5.74, 6) is -0.0750. The number of carbonyl (C=O) groups is 1. The molecule has 4 heteroatoms. The summed E-state index contributed by atoms with van der Waals surface area (Å²) in [6.07, 6.45) is 8.11. The van der Waals surface area contributed by atoms with Gasteiger partial charge in [0.25, 0.3) is 0 Å². The number of benzene rings is 1. The lowest BCUT2D eigenvalue weighted by atomic mass is 9.96. The molecule has 2 saturated heterocycles. The Hall–Kier alpha value is -1.39. The quantitative estimate of drug-likeness (QED) is 0.898. The zero-order valence-corrected chi connectivity index (χ0v) is 14.6. The maximum absolute atomic E-state index is 11.1. The molecule has 132 valence electrons. The minimum atomic E-state index is -0.838. The Morgan fingerprint density at radius 2 is 1.79 bits per heavy atom. The Balaban J connectivity index is 1.53. The molecule has 1 aromatic rings. The highest BCUT2D eigenvalue weighted by Gasteiger charge is 2.22. The number of rotatable bonds is 5. The first-order chi connectivity index (χ1) is 11.7. The molecule has 1 N–H and O–H groups in total. The summed E-state index contributed by atoms with van der Waals surface area (Å²) in [5, 5.41) is 9.14. The number of piperidine rings is 1. The maximum Gasteiger partial charge on any atom is 0.335 e. The van der Waals surface area contributed by atoms with Crippen LogP contribution < -0.4 is 0 Å². The van der Waals surface area contributed by atoms with E-state index in [1.165, 1.54) is 58.2 Å². The van der Waals surface area contributed by atoms with Gasteiger partial charge in [-0.25, -0.2) is 4.79 Å². The third-order valence-electron chi connectivity index (χ3n) is 5.40. The molecule has 24 heavy (non-hydrogen) atoms. The fourth-order valence-corrected chi connectivity index (χ4v) is 4.19. The molecule has 2 heterocycles. The van der Waals surface area contributed by atoms with Crippen molar-refractivity contribution in [1.82, 2.24) is 9.80 Å². The van der Waals surface area contributed by atoms with Crippen molar-refractivity contribution >= 4 is 5.97 Å². The van der Waals surface area contributed by atoms with Crippen LogP contribution in [0.3, 0.4) is 0 Å². The van der Waals surface area contributed by atoms with Crippen molar-refractivity contribution < 1.29 is 9.90 Å². The summed E-state index contributed by atoms with van der Waals surface area (Å²) >= 11 is 0. The number of aromatic carboxylic acids is 1. The Morgan fingerprint density at radius 3 is 2.54 bits per heavy atom. The van der Waals surface area contributed by atoms with Gasteiger partial charge in [0, 0.05) is 19.6 Å². The van der Waals surface area contributed by atoms with Crippen LogP contribution in [0.1, 0.15) is 54.4 Å². The Morgan fingerprint density at radius 1 is 1.04 bits per heavy atom. The van der Waals surface area contributed by atoms with E-state index in [2.05, 4.69) is 9.80 Å². The monoisotopic (exact) mass is 330 g/mol. The van der Waals surface area contributed by atoms with Crippen molar-refractivity contribution in [3.8, 4) is 0 Å². The first-order valence-corrected chi connectivity index (χ1v) is 9.47. The number of carboxylic acids is 1. The van der Waals surface area contributed by atoms with Gasteiger partial charge in [0.1, 0.15) is 0 Å². The molecule has 0 saturated carbocycles. The second kappa shape index (κ2) is 8.63. The fraction of sp³-hybridized carbons (Fsp3) is 0.650. The van der Waals surface area contributed by atoms with Crippen molar-refractivity contribution in [1.29, 1.82) is 0 Å². The highest BCUT2D eigenvalue weighted by molar-refractivity contribution is 5.87. The van der Waals surface area contributed by atoms with Crippen molar-refractivity contribution in [3.05, 3.63) is 35.4 Å². The number of hydrogen-bond donors (Lipinski definition) is 1. The predicted octanol–water partition coefficient (Wildman–Crippen LogP) is 3.47. The zero-order chi connectivity index (χ0) is 16.8. The van der Waals surface area contributed by atoms with Crippen LogP contribution in [-0.2, 0) is 6.54 Å². The number of carboxylic acid groups (broad SMARTS) is 1. The van der Waals surface area contributed by atoms with E-state index in [9.17, 15) is 4.79 Å². The highest BCUT2D eigenvalue weighted by atomic mass is 16.4. The Bertz CT molecular complexity index is 538. The molecule has 4 nitrogen and oxygen atoms in total. The molecule has 2 aliphatic rings. The average Bonchev–Trinajstić information content (AvgIpc) is 2.84. The van der Waals surface area contributed by atoms with Crippen molar-refractivity contribution in [3.63, 3.8) is 0 Å². The normalized spacial score (nSPS) is 23.8. The van der Waals surface area contributed by atoms with Crippen LogP contribution in [-0.4, -0.2) is 53.6 Å². The van der Waals surface area contributed by atoms with Crippen molar-refractivity contribution in [2.75, 3.05) is 32.7 Å². The van der Waals surface area contributed by atoms with E-state index in [1.54, 1.807) is 6.07 Å². The molecule has 1 unspecified atom stereocenters. The van der Waals surface area contributed by atoms with Gasteiger partial charge < -0.3 is 10.0 Å². The van der Waals surface area contributed by atoms with Gasteiger partial charge in [-0.15, -0.1) is 0 Å². The number of likely N-dealkylation sites (tertiary alicyclic amines) is 2. The van der Waals surface area contributed by atoms with E-state index >= 15 is 0 Å². The van der Waals surface area contributed by atoms with Gasteiger partial charge in [-0.1, -0.05) is 25.0 Å². The molecule has 0 spiro atoms. The second-order valence-electron chi connectivity index (χ2n) is 7.46. The minimum absolute atomic E-state index is 0.394. The summed E-state index contributed by atoms with van der Waals surface area (Å²) in [5.41, 5.74) is 1.51. The third-order valence-corrected chi connectivity index (χ3v) is 5.40. The molecular weight excluding hydrogens is 300 g/mol. The van der Waals surface area contributed by atoms with E-state index in [-0.39, 0.29) is 0 Å². The molecule has 0 radical (unpaired) electrons.